The molecule has 0 amide bonds. The Morgan fingerprint density at radius 1 is 1.62 bits per heavy atom. The molecule has 0 rings (SSSR count). The first kappa shape index (κ1) is 12.2. The van der Waals surface area contributed by atoms with Crippen molar-refractivity contribution in [3.8, 4) is 0 Å². The molecule has 3 nitrogen and oxygen atoms in total. The second-order valence-electron chi connectivity index (χ2n) is 3.16. The first-order valence-electron chi connectivity index (χ1n) is 4.51. The molecule has 0 heterocycles. The molecule has 0 spiro atoms. The lowest BCUT2D eigenvalue weighted by Crippen LogP contribution is -2.02. The fourth-order valence-electron chi connectivity index (χ4n) is 0.976. The van der Waals surface area contributed by atoms with Crippen molar-refractivity contribution in [3.63, 3.8) is 0 Å². The monoisotopic (exact) mass is 186 g/mol. The van der Waals surface area contributed by atoms with Gasteiger partial charge in [0.2, 0.25) is 0 Å². The number of methoxy groups -OCH3 is 1. The quantitative estimate of drug-likeness (QED) is 0.403. The van der Waals surface area contributed by atoms with Crippen LogP contribution in [0.5, 0.6) is 0 Å². The molecule has 3 heteroatoms. The van der Waals surface area contributed by atoms with Crippen LogP contribution in [0.3, 0.4) is 0 Å². The third kappa shape index (κ3) is 6.34. The van der Waals surface area contributed by atoms with Crippen molar-refractivity contribution < 1.29 is 14.6 Å². The SMILES string of the molecule is COC(=O)C(C)=CCCCC(C)O. The summed E-state index contributed by atoms with van der Waals surface area (Å²) in [5.74, 6) is -0.281. The predicted octanol–water partition coefficient (Wildman–Crippen LogP) is 1.66. The Balaban J connectivity index is 3.65. The lowest BCUT2D eigenvalue weighted by atomic mass is 10.1. The summed E-state index contributed by atoms with van der Waals surface area (Å²) in [6.45, 7) is 3.49. The minimum Gasteiger partial charge on any atom is -0.466 e. The van der Waals surface area contributed by atoms with Crippen LogP contribution >= 0.6 is 0 Å². The van der Waals surface area contributed by atoms with E-state index in [1.165, 1.54) is 7.11 Å². The van der Waals surface area contributed by atoms with E-state index in [4.69, 9.17) is 5.11 Å². The number of hydrogen-bond acceptors (Lipinski definition) is 3. The maximum Gasteiger partial charge on any atom is 0.333 e. The van der Waals surface area contributed by atoms with Gasteiger partial charge in [-0.25, -0.2) is 4.79 Å². The van der Waals surface area contributed by atoms with Gasteiger partial charge in [-0.2, -0.15) is 0 Å². The number of allylic oxidation sites excluding steroid dienone is 1. The number of rotatable bonds is 5. The third-order valence-corrected chi connectivity index (χ3v) is 1.78. The fraction of sp³-hybridized carbons (Fsp3) is 0.700. The Hall–Kier alpha value is -0.830. The smallest absolute Gasteiger partial charge is 0.333 e. The molecule has 1 N–H and O–H groups in total. The molecule has 1 atom stereocenters. The van der Waals surface area contributed by atoms with Gasteiger partial charge in [0.1, 0.15) is 0 Å². The van der Waals surface area contributed by atoms with Crippen molar-refractivity contribution in [2.75, 3.05) is 7.11 Å². The predicted molar refractivity (Wildman–Crippen MR) is 51.3 cm³/mol. The van der Waals surface area contributed by atoms with Crippen molar-refractivity contribution in [2.24, 2.45) is 0 Å². The highest BCUT2D eigenvalue weighted by Gasteiger charge is 2.01. The first-order valence-corrected chi connectivity index (χ1v) is 4.51. The molecule has 0 radical (unpaired) electrons. The number of aliphatic hydroxyl groups is 1. The van der Waals surface area contributed by atoms with Gasteiger partial charge in [0.15, 0.2) is 0 Å². The maximum atomic E-state index is 10.9. The van der Waals surface area contributed by atoms with Crippen molar-refractivity contribution in [2.45, 2.75) is 39.2 Å². The molecule has 0 aliphatic heterocycles. The molecule has 0 saturated heterocycles. The number of aliphatic hydroxyl groups excluding tert-OH is 1. The van der Waals surface area contributed by atoms with E-state index in [1.807, 2.05) is 6.08 Å². The summed E-state index contributed by atoms with van der Waals surface area (Å²) in [7, 11) is 1.37. The van der Waals surface area contributed by atoms with Gasteiger partial charge in [-0.15, -0.1) is 0 Å². The van der Waals surface area contributed by atoms with Crippen LogP contribution in [0.1, 0.15) is 33.1 Å². The summed E-state index contributed by atoms with van der Waals surface area (Å²) < 4.78 is 4.53. The molecule has 0 saturated carbocycles. The lowest BCUT2D eigenvalue weighted by Gasteiger charge is -2.01. The summed E-state index contributed by atoms with van der Waals surface area (Å²) in [4.78, 5) is 10.9. The molecule has 13 heavy (non-hydrogen) atoms. The minimum atomic E-state index is -0.281. The Labute approximate surface area is 79.4 Å². The first-order chi connectivity index (χ1) is 6.07. The number of hydrogen-bond donors (Lipinski definition) is 1. The van der Waals surface area contributed by atoms with Gasteiger partial charge in [0, 0.05) is 5.57 Å². The zero-order valence-corrected chi connectivity index (χ0v) is 8.54. The van der Waals surface area contributed by atoms with E-state index in [1.54, 1.807) is 13.8 Å². The van der Waals surface area contributed by atoms with Crippen LogP contribution in [0.25, 0.3) is 0 Å². The highest BCUT2D eigenvalue weighted by Crippen LogP contribution is 2.04. The second kappa shape index (κ2) is 6.66. The van der Waals surface area contributed by atoms with Crippen LogP contribution in [-0.4, -0.2) is 24.3 Å². The summed E-state index contributed by atoms with van der Waals surface area (Å²) in [5, 5.41) is 8.96. The molecular formula is C10H18O3. The van der Waals surface area contributed by atoms with E-state index < -0.39 is 0 Å². The highest BCUT2D eigenvalue weighted by atomic mass is 16.5. The van der Waals surface area contributed by atoms with Crippen LogP contribution in [0.4, 0.5) is 0 Å². The van der Waals surface area contributed by atoms with Gasteiger partial charge < -0.3 is 9.84 Å². The van der Waals surface area contributed by atoms with E-state index in [9.17, 15) is 4.79 Å². The van der Waals surface area contributed by atoms with E-state index in [0.717, 1.165) is 19.3 Å². The molecule has 0 bridgehead atoms. The summed E-state index contributed by atoms with van der Waals surface area (Å²) in [6, 6.07) is 0. The molecule has 0 fully saturated rings. The second-order valence-corrected chi connectivity index (χ2v) is 3.16. The largest absolute Gasteiger partial charge is 0.466 e. The zero-order valence-electron chi connectivity index (χ0n) is 8.54. The van der Waals surface area contributed by atoms with Crippen LogP contribution < -0.4 is 0 Å². The van der Waals surface area contributed by atoms with Gasteiger partial charge in [-0.1, -0.05) is 6.08 Å². The standard InChI is InChI=1S/C10H18O3/c1-8(10(12)13-3)6-4-5-7-9(2)11/h6,9,11H,4-5,7H2,1-3H3. The van der Waals surface area contributed by atoms with E-state index in [2.05, 4.69) is 4.74 Å². The summed E-state index contributed by atoms with van der Waals surface area (Å²) in [6.07, 6.45) is 4.06. The fourth-order valence-corrected chi connectivity index (χ4v) is 0.976. The average molecular weight is 186 g/mol. The minimum absolute atomic E-state index is 0.258. The molecule has 0 aliphatic carbocycles. The third-order valence-electron chi connectivity index (χ3n) is 1.78. The maximum absolute atomic E-state index is 10.9. The Morgan fingerprint density at radius 3 is 2.69 bits per heavy atom. The highest BCUT2D eigenvalue weighted by molar-refractivity contribution is 5.87. The van der Waals surface area contributed by atoms with Crippen LogP contribution in [0.2, 0.25) is 0 Å². The molecule has 76 valence electrons. The van der Waals surface area contributed by atoms with Gasteiger partial charge in [-0.3, -0.25) is 0 Å². The lowest BCUT2D eigenvalue weighted by molar-refractivity contribution is -0.136. The summed E-state index contributed by atoms with van der Waals surface area (Å²) >= 11 is 0. The van der Waals surface area contributed by atoms with E-state index >= 15 is 0 Å². The number of unbranched alkanes of at least 4 members (excludes halogenated alkanes) is 1. The normalized spacial score (nSPS) is 14.0. The van der Waals surface area contributed by atoms with Crippen molar-refractivity contribution in [1.29, 1.82) is 0 Å². The molecule has 0 aromatic carbocycles. The topological polar surface area (TPSA) is 46.5 Å². The molecule has 0 aromatic rings. The molecule has 1 unspecified atom stereocenters. The van der Waals surface area contributed by atoms with E-state index in [-0.39, 0.29) is 12.1 Å². The van der Waals surface area contributed by atoms with Crippen LogP contribution in [-0.2, 0) is 9.53 Å². The van der Waals surface area contributed by atoms with Crippen molar-refractivity contribution >= 4 is 5.97 Å². The summed E-state index contributed by atoms with van der Waals surface area (Å²) in [5.41, 5.74) is 0.632. The van der Waals surface area contributed by atoms with Crippen LogP contribution in [0.15, 0.2) is 11.6 Å². The van der Waals surface area contributed by atoms with Crippen LogP contribution in [0, 0.1) is 0 Å². The Morgan fingerprint density at radius 2 is 2.23 bits per heavy atom. The van der Waals surface area contributed by atoms with Crippen molar-refractivity contribution in [3.05, 3.63) is 11.6 Å². The molecular weight excluding hydrogens is 168 g/mol. The number of carbonyl (C=O) groups excluding carboxylic acids is 1. The molecule has 0 aromatic heterocycles. The Bertz CT molecular complexity index is 183. The van der Waals surface area contributed by atoms with E-state index in [0.29, 0.717) is 5.57 Å². The van der Waals surface area contributed by atoms with Gasteiger partial charge in [-0.05, 0) is 33.1 Å². The number of esters is 1. The Kier molecular flexibility index (Phi) is 6.24. The zero-order chi connectivity index (χ0) is 10.3. The van der Waals surface area contributed by atoms with Gasteiger partial charge in [0.05, 0.1) is 13.2 Å². The number of carbonyl (C=O) groups is 1. The van der Waals surface area contributed by atoms with Crippen molar-refractivity contribution in [1.82, 2.24) is 0 Å². The average Bonchev–Trinajstić information content (AvgIpc) is 2.10. The van der Waals surface area contributed by atoms with Gasteiger partial charge >= 0.3 is 5.97 Å². The number of ether oxygens (including phenoxy) is 1. The molecule has 0 aliphatic rings. The van der Waals surface area contributed by atoms with Gasteiger partial charge in [0.25, 0.3) is 0 Å².